The summed E-state index contributed by atoms with van der Waals surface area (Å²) in [5.41, 5.74) is 6.76. The average molecular weight is 603 g/mol. The Labute approximate surface area is 260 Å². The van der Waals surface area contributed by atoms with E-state index in [1.165, 1.54) is 0 Å². The number of imidazole rings is 1. The smallest absolute Gasteiger partial charge is 0.250 e. The quantitative estimate of drug-likeness (QED) is 0.302. The van der Waals surface area contributed by atoms with Gasteiger partial charge >= 0.3 is 0 Å². The predicted octanol–water partition coefficient (Wildman–Crippen LogP) is 4.13. The first-order valence-electron chi connectivity index (χ1n) is 15.2. The SMILES string of the molecule is CC(C)(N)C(=O)N[C@H](COCc1ccccc1)C(=O)Nc1cn(C(C(=O)N2CCC(C(C)(C)C)CC2)c2ccccc2)cn1. The van der Waals surface area contributed by atoms with Crippen molar-refractivity contribution in [3.63, 3.8) is 0 Å². The molecule has 1 unspecified atom stereocenters. The zero-order valence-electron chi connectivity index (χ0n) is 26.5. The van der Waals surface area contributed by atoms with E-state index in [0.717, 1.165) is 24.0 Å². The molecule has 1 fully saturated rings. The summed E-state index contributed by atoms with van der Waals surface area (Å²) in [6.45, 7) is 11.5. The maximum absolute atomic E-state index is 14.0. The molecule has 3 aromatic rings. The molecule has 4 rings (SSSR count). The largest absolute Gasteiger partial charge is 0.374 e. The summed E-state index contributed by atoms with van der Waals surface area (Å²) in [5.74, 6) is -0.191. The number of hydrogen-bond acceptors (Lipinski definition) is 6. The Morgan fingerprint density at radius 3 is 2.18 bits per heavy atom. The molecule has 1 aliphatic rings. The number of anilines is 1. The number of likely N-dealkylation sites (tertiary alicyclic amines) is 1. The summed E-state index contributed by atoms with van der Waals surface area (Å²) in [4.78, 5) is 46.4. The fourth-order valence-corrected chi connectivity index (χ4v) is 5.37. The minimum absolute atomic E-state index is 0.0107. The van der Waals surface area contributed by atoms with Crippen LogP contribution in [0.15, 0.2) is 73.2 Å². The highest BCUT2D eigenvalue weighted by Crippen LogP contribution is 2.35. The Balaban J connectivity index is 1.49. The van der Waals surface area contributed by atoms with Gasteiger partial charge in [0.2, 0.25) is 11.8 Å². The highest BCUT2D eigenvalue weighted by Gasteiger charge is 2.34. The first kappa shape index (κ1) is 32.9. The zero-order chi connectivity index (χ0) is 31.9. The van der Waals surface area contributed by atoms with Crippen LogP contribution in [-0.2, 0) is 25.7 Å². The first-order chi connectivity index (χ1) is 20.8. The number of nitrogens with zero attached hydrogens (tertiary/aromatic N) is 3. The summed E-state index contributed by atoms with van der Waals surface area (Å²) < 4.78 is 7.52. The third-order valence-electron chi connectivity index (χ3n) is 8.13. The fourth-order valence-electron chi connectivity index (χ4n) is 5.37. The third-order valence-corrected chi connectivity index (χ3v) is 8.13. The Hall–Kier alpha value is -4.02. The van der Waals surface area contributed by atoms with Crippen LogP contribution in [-0.4, -0.2) is 63.4 Å². The third kappa shape index (κ3) is 8.76. The molecule has 2 heterocycles. The second kappa shape index (κ2) is 14.2. The van der Waals surface area contributed by atoms with Crippen molar-refractivity contribution in [3.8, 4) is 0 Å². The minimum atomic E-state index is -1.19. The number of carbonyl (C=O) groups excluding carboxylic acids is 3. The number of ether oxygens (including phenoxy) is 1. The van der Waals surface area contributed by atoms with Gasteiger partial charge in [0.05, 0.1) is 25.1 Å². The molecule has 3 amide bonds. The lowest BCUT2D eigenvalue weighted by Crippen LogP contribution is -2.56. The van der Waals surface area contributed by atoms with Crippen molar-refractivity contribution in [1.29, 1.82) is 0 Å². The summed E-state index contributed by atoms with van der Waals surface area (Å²) in [6.07, 6.45) is 5.11. The molecular weight excluding hydrogens is 556 g/mol. The normalized spacial score (nSPS) is 15.8. The lowest BCUT2D eigenvalue weighted by atomic mass is 9.75. The van der Waals surface area contributed by atoms with E-state index in [0.29, 0.717) is 19.0 Å². The van der Waals surface area contributed by atoms with Crippen molar-refractivity contribution in [3.05, 3.63) is 84.3 Å². The molecule has 2 atom stereocenters. The number of carbonyl (C=O) groups is 3. The van der Waals surface area contributed by atoms with Crippen LogP contribution in [0.4, 0.5) is 5.82 Å². The van der Waals surface area contributed by atoms with Crippen LogP contribution in [0.2, 0.25) is 0 Å². The number of hydrogen-bond donors (Lipinski definition) is 3. The number of nitrogens with two attached hydrogens (primary N) is 1. The van der Waals surface area contributed by atoms with Crippen LogP contribution in [0.1, 0.15) is 64.6 Å². The molecule has 1 aliphatic heterocycles. The molecular formula is C34H46N6O4. The van der Waals surface area contributed by atoms with Crippen LogP contribution in [0, 0.1) is 11.3 Å². The van der Waals surface area contributed by atoms with Crippen molar-refractivity contribution in [2.45, 2.75) is 71.7 Å². The molecule has 10 heteroatoms. The molecule has 44 heavy (non-hydrogen) atoms. The molecule has 0 bridgehead atoms. The van der Waals surface area contributed by atoms with Gasteiger partial charge in [-0.25, -0.2) is 4.98 Å². The Morgan fingerprint density at radius 1 is 0.977 bits per heavy atom. The Bertz CT molecular complexity index is 1390. The van der Waals surface area contributed by atoms with E-state index in [4.69, 9.17) is 10.5 Å². The van der Waals surface area contributed by atoms with Crippen LogP contribution < -0.4 is 16.4 Å². The number of nitrogens with one attached hydrogen (secondary N) is 2. The number of piperidine rings is 1. The molecule has 0 radical (unpaired) electrons. The van der Waals surface area contributed by atoms with Gasteiger partial charge in [0.25, 0.3) is 5.91 Å². The van der Waals surface area contributed by atoms with Crippen molar-refractivity contribution in [1.82, 2.24) is 19.8 Å². The molecule has 2 aromatic carbocycles. The van der Waals surface area contributed by atoms with Gasteiger partial charge in [0.15, 0.2) is 5.82 Å². The van der Waals surface area contributed by atoms with Gasteiger partial charge in [0, 0.05) is 19.3 Å². The van der Waals surface area contributed by atoms with Crippen LogP contribution >= 0.6 is 0 Å². The standard InChI is InChI=1S/C34H46N6O4/c1-33(2,3)26-16-18-39(19-17-26)31(42)29(25-14-10-7-11-15-25)40-20-28(36-23-40)38-30(41)27(37-32(43)34(4,5)35)22-44-21-24-12-8-6-9-13-24/h6-15,20,23,26-27,29H,16-19,21-22,35H2,1-5H3,(H,37,43)(H,38,41)/t27-,29?/m1/s1. The number of benzene rings is 2. The topological polar surface area (TPSA) is 132 Å². The molecule has 1 saturated heterocycles. The molecule has 0 aliphatic carbocycles. The Morgan fingerprint density at radius 2 is 1.59 bits per heavy atom. The lowest BCUT2D eigenvalue weighted by Gasteiger charge is -2.40. The fraction of sp³-hybridized carbons (Fsp3) is 0.471. The van der Waals surface area contributed by atoms with Gasteiger partial charge in [-0.15, -0.1) is 0 Å². The van der Waals surface area contributed by atoms with E-state index in [9.17, 15) is 14.4 Å². The summed E-state index contributed by atoms with van der Waals surface area (Å²) >= 11 is 0. The average Bonchev–Trinajstić information content (AvgIpc) is 3.44. The summed E-state index contributed by atoms with van der Waals surface area (Å²) in [7, 11) is 0. The van der Waals surface area contributed by atoms with Gasteiger partial charge in [-0.3, -0.25) is 14.4 Å². The number of aromatic nitrogens is 2. The molecule has 0 spiro atoms. The van der Waals surface area contributed by atoms with Gasteiger partial charge in [-0.2, -0.15) is 0 Å². The van der Waals surface area contributed by atoms with Crippen LogP contribution in [0.5, 0.6) is 0 Å². The van der Waals surface area contributed by atoms with E-state index in [2.05, 4.69) is 36.4 Å². The van der Waals surface area contributed by atoms with Crippen LogP contribution in [0.25, 0.3) is 0 Å². The molecule has 4 N–H and O–H groups in total. The second-order valence-electron chi connectivity index (χ2n) is 13.2. The highest BCUT2D eigenvalue weighted by atomic mass is 16.5. The molecule has 236 valence electrons. The Kier molecular flexibility index (Phi) is 10.6. The van der Waals surface area contributed by atoms with Gasteiger partial charge in [-0.1, -0.05) is 81.4 Å². The zero-order valence-corrected chi connectivity index (χ0v) is 26.5. The van der Waals surface area contributed by atoms with Gasteiger partial charge in [0.1, 0.15) is 12.1 Å². The first-order valence-corrected chi connectivity index (χ1v) is 15.2. The van der Waals surface area contributed by atoms with E-state index in [1.807, 2.05) is 65.6 Å². The van der Waals surface area contributed by atoms with E-state index >= 15 is 0 Å². The number of amides is 3. The predicted molar refractivity (Wildman–Crippen MR) is 170 cm³/mol. The van der Waals surface area contributed by atoms with Crippen molar-refractivity contribution < 1.29 is 19.1 Å². The summed E-state index contributed by atoms with van der Waals surface area (Å²) in [5, 5.41) is 5.48. The van der Waals surface area contributed by atoms with Crippen LogP contribution in [0.3, 0.4) is 0 Å². The van der Waals surface area contributed by atoms with Crippen molar-refractivity contribution in [2.24, 2.45) is 17.1 Å². The van der Waals surface area contributed by atoms with E-state index in [1.54, 1.807) is 30.9 Å². The second-order valence-corrected chi connectivity index (χ2v) is 13.2. The lowest BCUT2D eigenvalue weighted by molar-refractivity contribution is -0.135. The van der Waals surface area contributed by atoms with E-state index < -0.39 is 29.4 Å². The van der Waals surface area contributed by atoms with Gasteiger partial charge in [-0.05, 0) is 49.1 Å². The monoisotopic (exact) mass is 602 g/mol. The molecule has 1 aromatic heterocycles. The van der Waals surface area contributed by atoms with E-state index in [-0.39, 0.29) is 30.4 Å². The maximum Gasteiger partial charge on any atom is 0.250 e. The highest BCUT2D eigenvalue weighted by molar-refractivity contribution is 5.98. The minimum Gasteiger partial charge on any atom is -0.374 e. The van der Waals surface area contributed by atoms with Crippen molar-refractivity contribution in [2.75, 3.05) is 25.0 Å². The summed E-state index contributed by atoms with van der Waals surface area (Å²) in [6, 6.07) is 17.5. The maximum atomic E-state index is 14.0. The molecule has 0 saturated carbocycles. The van der Waals surface area contributed by atoms with Gasteiger partial charge < -0.3 is 30.6 Å². The van der Waals surface area contributed by atoms with Crippen molar-refractivity contribution >= 4 is 23.5 Å². The number of rotatable bonds is 11. The molecule has 10 nitrogen and oxygen atoms in total.